The van der Waals surface area contributed by atoms with Gasteiger partial charge in [0.15, 0.2) is 5.69 Å². The van der Waals surface area contributed by atoms with Crippen LogP contribution < -0.4 is 4.74 Å². The summed E-state index contributed by atoms with van der Waals surface area (Å²) in [4.78, 5) is 0. The number of nitrogens with zero attached hydrogens (tertiary/aromatic N) is 2. The average Bonchev–Trinajstić information content (AvgIpc) is 2.86. The Morgan fingerprint density at radius 1 is 1.26 bits per heavy atom. The Hall–Kier alpha value is -1.98. The highest BCUT2D eigenvalue weighted by Gasteiger charge is 2.33. The van der Waals surface area contributed by atoms with Crippen LogP contribution in [0.5, 0.6) is 5.75 Å². The first kappa shape index (κ1) is 13.5. The van der Waals surface area contributed by atoms with Crippen LogP contribution in [0.3, 0.4) is 0 Å². The van der Waals surface area contributed by atoms with Crippen molar-refractivity contribution in [3.8, 4) is 11.4 Å². The predicted octanol–water partition coefficient (Wildman–Crippen LogP) is 3.68. The first-order valence-electron chi connectivity index (χ1n) is 5.87. The lowest BCUT2D eigenvalue weighted by atomic mass is 10.3. The fraction of sp³-hybridized carbons (Fsp3) is 0.308. The largest absolute Gasteiger partial charge is 0.494 e. The molecule has 3 nitrogen and oxygen atoms in total. The maximum Gasteiger partial charge on any atom is 0.435 e. The topological polar surface area (TPSA) is 27.1 Å². The number of hydrogen-bond donors (Lipinski definition) is 0. The SMILES string of the molecule is CCCOc1cccc(-n2ccc(C(F)(F)F)n2)c1. The number of benzene rings is 1. The standard InChI is InChI=1S/C13H13F3N2O/c1-2-8-19-11-5-3-4-10(9-11)18-7-6-12(17-18)13(14,15)16/h3-7,9H,2,8H2,1H3. The summed E-state index contributed by atoms with van der Waals surface area (Å²) >= 11 is 0. The molecule has 0 aliphatic heterocycles. The third-order valence-electron chi connectivity index (χ3n) is 2.43. The lowest BCUT2D eigenvalue weighted by molar-refractivity contribution is -0.141. The van der Waals surface area contributed by atoms with E-state index in [1.54, 1.807) is 24.3 Å². The monoisotopic (exact) mass is 270 g/mol. The van der Waals surface area contributed by atoms with Crippen LogP contribution >= 0.6 is 0 Å². The van der Waals surface area contributed by atoms with Crippen molar-refractivity contribution < 1.29 is 17.9 Å². The van der Waals surface area contributed by atoms with Gasteiger partial charge < -0.3 is 4.74 Å². The lowest BCUT2D eigenvalue weighted by Crippen LogP contribution is -2.07. The molecular formula is C13H13F3N2O. The quantitative estimate of drug-likeness (QED) is 0.847. The van der Waals surface area contributed by atoms with E-state index >= 15 is 0 Å². The molecule has 0 saturated heterocycles. The molecule has 0 aliphatic carbocycles. The molecule has 0 unspecified atom stereocenters. The molecular weight excluding hydrogens is 257 g/mol. The fourth-order valence-corrected chi connectivity index (χ4v) is 1.55. The van der Waals surface area contributed by atoms with Gasteiger partial charge in [0.1, 0.15) is 5.75 Å². The smallest absolute Gasteiger partial charge is 0.435 e. The van der Waals surface area contributed by atoms with Crippen molar-refractivity contribution in [2.45, 2.75) is 19.5 Å². The van der Waals surface area contributed by atoms with Gasteiger partial charge >= 0.3 is 6.18 Å². The Morgan fingerprint density at radius 3 is 2.68 bits per heavy atom. The molecule has 0 aliphatic rings. The van der Waals surface area contributed by atoms with Gasteiger partial charge in [-0.3, -0.25) is 0 Å². The molecule has 2 aromatic rings. The first-order chi connectivity index (χ1) is 9.00. The maximum atomic E-state index is 12.5. The number of hydrogen-bond acceptors (Lipinski definition) is 2. The Balaban J connectivity index is 2.24. The van der Waals surface area contributed by atoms with Crippen molar-refractivity contribution in [3.63, 3.8) is 0 Å². The van der Waals surface area contributed by atoms with E-state index in [0.29, 0.717) is 18.0 Å². The first-order valence-corrected chi connectivity index (χ1v) is 5.87. The molecule has 0 amide bonds. The van der Waals surface area contributed by atoms with Crippen LogP contribution in [0.1, 0.15) is 19.0 Å². The molecule has 1 heterocycles. The Labute approximate surface area is 108 Å². The van der Waals surface area contributed by atoms with Crippen molar-refractivity contribution in [1.29, 1.82) is 0 Å². The molecule has 0 radical (unpaired) electrons. The predicted molar refractivity (Wildman–Crippen MR) is 64.4 cm³/mol. The van der Waals surface area contributed by atoms with Gasteiger partial charge in [0.2, 0.25) is 0 Å². The summed E-state index contributed by atoms with van der Waals surface area (Å²) in [7, 11) is 0. The van der Waals surface area contributed by atoms with Gasteiger partial charge in [0.25, 0.3) is 0 Å². The van der Waals surface area contributed by atoms with E-state index in [4.69, 9.17) is 4.74 Å². The summed E-state index contributed by atoms with van der Waals surface area (Å²) in [5.41, 5.74) is -0.378. The minimum atomic E-state index is -4.43. The van der Waals surface area contributed by atoms with E-state index < -0.39 is 11.9 Å². The van der Waals surface area contributed by atoms with Crippen molar-refractivity contribution in [2.75, 3.05) is 6.61 Å². The molecule has 6 heteroatoms. The summed E-state index contributed by atoms with van der Waals surface area (Å²) in [5, 5.41) is 3.51. The molecule has 0 bridgehead atoms. The van der Waals surface area contributed by atoms with Gasteiger partial charge in [-0.1, -0.05) is 13.0 Å². The molecule has 102 valence electrons. The van der Waals surface area contributed by atoms with Crippen LogP contribution in [0, 0.1) is 0 Å². The summed E-state index contributed by atoms with van der Waals surface area (Å²) in [5.74, 6) is 0.614. The summed E-state index contributed by atoms with van der Waals surface area (Å²) in [6.07, 6.45) is -2.28. The van der Waals surface area contributed by atoms with E-state index in [-0.39, 0.29) is 0 Å². The van der Waals surface area contributed by atoms with E-state index in [2.05, 4.69) is 5.10 Å². The molecule has 19 heavy (non-hydrogen) atoms. The zero-order valence-corrected chi connectivity index (χ0v) is 10.3. The number of alkyl halides is 3. The summed E-state index contributed by atoms with van der Waals surface area (Å²) in [6.45, 7) is 2.54. The van der Waals surface area contributed by atoms with Gasteiger partial charge in [-0.15, -0.1) is 0 Å². The van der Waals surface area contributed by atoms with Gasteiger partial charge in [-0.25, -0.2) is 4.68 Å². The normalized spacial score (nSPS) is 11.6. The fourth-order valence-electron chi connectivity index (χ4n) is 1.55. The van der Waals surface area contributed by atoms with Crippen LogP contribution in [0.4, 0.5) is 13.2 Å². The van der Waals surface area contributed by atoms with E-state index in [1.807, 2.05) is 6.92 Å². The summed E-state index contributed by atoms with van der Waals surface area (Å²) < 4.78 is 44.0. The van der Waals surface area contributed by atoms with E-state index in [0.717, 1.165) is 12.5 Å². The van der Waals surface area contributed by atoms with Crippen LogP contribution in [0.2, 0.25) is 0 Å². The van der Waals surface area contributed by atoms with Crippen LogP contribution in [0.15, 0.2) is 36.5 Å². The lowest BCUT2D eigenvalue weighted by Gasteiger charge is -2.07. The van der Waals surface area contributed by atoms with Crippen LogP contribution in [-0.2, 0) is 6.18 Å². The molecule has 0 atom stereocenters. The third kappa shape index (κ3) is 3.27. The van der Waals surface area contributed by atoms with Crippen molar-refractivity contribution >= 4 is 0 Å². The third-order valence-corrected chi connectivity index (χ3v) is 2.43. The molecule has 0 fully saturated rings. The number of rotatable bonds is 4. The molecule has 1 aromatic heterocycles. The van der Waals surface area contributed by atoms with Gasteiger partial charge in [0.05, 0.1) is 12.3 Å². The van der Waals surface area contributed by atoms with E-state index in [1.165, 1.54) is 10.9 Å². The minimum Gasteiger partial charge on any atom is -0.494 e. The molecule has 0 spiro atoms. The number of aromatic nitrogens is 2. The Bertz CT molecular complexity index is 549. The zero-order valence-electron chi connectivity index (χ0n) is 10.3. The highest BCUT2D eigenvalue weighted by Crippen LogP contribution is 2.28. The maximum absolute atomic E-state index is 12.5. The zero-order chi connectivity index (χ0) is 13.9. The Morgan fingerprint density at radius 2 is 2.05 bits per heavy atom. The highest BCUT2D eigenvalue weighted by molar-refractivity contribution is 5.38. The molecule has 1 aromatic carbocycles. The molecule has 0 N–H and O–H groups in total. The van der Waals surface area contributed by atoms with E-state index in [9.17, 15) is 13.2 Å². The number of halogens is 3. The van der Waals surface area contributed by atoms with Crippen molar-refractivity contribution in [3.05, 3.63) is 42.2 Å². The van der Waals surface area contributed by atoms with Gasteiger partial charge in [-0.2, -0.15) is 18.3 Å². The van der Waals surface area contributed by atoms with Crippen molar-refractivity contribution in [2.24, 2.45) is 0 Å². The molecule has 2 rings (SSSR count). The average molecular weight is 270 g/mol. The second-order valence-corrected chi connectivity index (χ2v) is 3.99. The summed E-state index contributed by atoms with van der Waals surface area (Å²) in [6, 6.07) is 7.75. The van der Waals surface area contributed by atoms with Crippen molar-refractivity contribution in [1.82, 2.24) is 9.78 Å². The second kappa shape index (κ2) is 5.34. The van der Waals surface area contributed by atoms with Crippen LogP contribution in [0.25, 0.3) is 5.69 Å². The molecule has 0 saturated carbocycles. The minimum absolute atomic E-state index is 0.532. The number of ether oxygens (including phenoxy) is 1. The highest BCUT2D eigenvalue weighted by atomic mass is 19.4. The van der Waals surface area contributed by atoms with Crippen LogP contribution in [-0.4, -0.2) is 16.4 Å². The Kier molecular flexibility index (Phi) is 3.78. The van der Waals surface area contributed by atoms with Gasteiger partial charge in [0, 0.05) is 12.3 Å². The second-order valence-electron chi connectivity index (χ2n) is 3.99. The van der Waals surface area contributed by atoms with Gasteiger partial charge in [-0.05, 0) is 24.6 Å².